The van der Waals surface area contributed by atoms with Crippen LogP contribution in [0.2, 0.25) is 5.02 Å². The number of fused-ring (bicyclic) bond motifs is 3. The molecule has 1 spiro atoms. The number of nitrogens with zero attached hydrogens (tertiary/aromatic N) is 2. The Morgan fingerprint density at radius 1 is 0.966 bits per heavy atom. The van der Waals surface area contributed by atoms with E-state index >= 15 is 0 Å². The molecule has 1 aliphatic carbocycles. The van der Waals surface area contributed by atoms with Crippen LogP contribution in [0.4, 0.5) is 10.5 Å². The van der Waals surface area contributed by atoms with Gasteiger partial charge < -0.3 is 29.2 Å². The summed E-state index contributed by atoms with van der Waals surface area (Å²) in [5.41, 5.74) is 4.45. The SMILES string of the molecule is C=C[C@@H](NC(=O)OCC)[C@H](CCC)CCN1C[C@@]2(CCCc3cc(Cl)ccc32)COc2ccc(S(=O)(=O)N(Cc3ccc(OC)cc3)Cc3ccc(OC)cc3)cc21. The van der Waals surface area contributed by atoms with E-state index in [-0.39, 0.29) is 42.0 Å². The largest absolute Gasteiger partial charge is 0.497 e. The highest BCUT2D eigenvalue weighted by Crippen LogP contribution is 2.45. The number of carbonyl (C=O) groups excluding carboxylic acids is 1. The van der Waals surface area contributed by atoms with Crippen LogP contribution in [-0.4, -0.2) is 65.4 Å². The van der Waals surface area contributed by atoms with Gasteiger partial charge in [-0.25, -0.2) is 13.2 Å². The maximum absolute atomic E-state index is 14.9. The predicted octanol–water partition coefficient (Wildman–Crippen LogP) is 9.33. The topological polar surface area (TPSA) is 107 Å². The standard InChI is InChI=1S/C46H56ClN3O7S/c1-6-10-35(42(7-2)48-45(51)56-8-3)24-26-49-31-46(25-9-11-36-27-37(47)16-22-41(36)46)32-57-44-23-21-40(28-43(44)49)58(52,53)50(29-33-12-17-38(54-4)18-13-33)30-34-14-19-39(55-5)20-15-34/h7,12-23,27-28,35,42H,2,6,8-11,24-26,29-32H2,1,3-5H3,(H,48,51)/t35-,42-,46+/m1/s1. The molecule has 0 aromatic heterocycles. The fourth-order valence-electron chi connectivity index (χ4n) is 8.41. The minimum Gasteiger partial charge on any atom is -0.497 e. The van der Waals surface area contributed by atoms with Crippen molar-refractivity contribution in [2.75, 3.05) is 45.4 Å². The smallest absolute Gasteiger partial charge is 0.407 e. The summed E-state index contributed by atoms with van der Waals surface area (Å²) in [6.45, 7) is 10.2. The van der Waals surface area contributed by atoms with Gasteiger partial charge in [-0.15, -0.1) is 6.58 Å². The third-order valence-corrected chi connectivity index (χ3v) is 13.5. The normalized spacial score (nSPS) is 17.3. The van der Waals surface area contributed by atoms with Gasteiger partial charge in [-0.05, 0) is 122 Å². The summed E-state index contributed by atoms with van der Waals surface area (Å²) in [5.74, 6) is 2.07. The molecule has 12 heteroatoms. The summed E-state index contributed by atoms with van der Waals surface area (Å²) in [4.78, 5) is 15.0. The van der Waals surface area contributed by atoms with E-state index in [1.807, 2.05) is 54.6 Å². The minimum absolute atomic E-state index is 0.0596. The molecule has 1 aliphatic heterocycles. The molecule has 1 N–H and O–H groups in total. The van der Waals surface area contributed by atoms with Gasteiger partial charge in [0, 0.05) is 36.6 Å². The number of carbonyl (C=O) groups is 1. The van der Waals surface area contributed by atoms with Crippen molar-refractivity contribution < 1.29 is 32.2 Å². The number of rotatable bonds is 17. The quantitative estimate of drug-likeness (QED) is 0.105. The van der Waals surface area contributed by atoms with Crippen LogP contribution in [-0.2, 0) is 39.7 Å². The van der Waals surface area contributed by atoms with E-state index in [0.717, 1.165) is 48.9 Å². The lowest BCUT2D eigenvalue weighted by atomic mass is 9.70. The Labute approximate surface area is 349 Å². The summed E-state index contributed by atoms with van der Waals surface area (Å²) in [5, 5.41) is 3.72. The first-order valence-electron chi connectivity index (χ1n) is 20.1. The number of alkyl carbamates (subject to hydrolysis) is 1. The van der Waals surface area contributed by atoms with Crippen LogP contribution in [0.3, 0.4) is 0 Å². The molecule has 2 aliphatic rings. The van der Waals surface area contributed by atoms with Crippen molar-refractivity contribution in [1.82, 2.24) is 9.62 Å². The number of benzene rings is 4. The number of anilines is 1. The van der Waals surface area contributed by atoms with Crippen molar-refractivity contribution >= 4 is 33.4 Å². The molecular weight excluding hydrogens is 774 g/mol. The van der Waals surface area contributed by atoms with Crippen molar-refractivity contribution in [2.24, 2.45) is 5.92 Å². The number of sulfonamides is 1. The third-order valence-electron chi connectivity index (χ3n) is 11.4. The number of amides is 1. The number of halogens is 1. The molecule has 4 aromatic rings. The van der Waals surface area contributed by atoms with E-state index < -0.39 is 16.1 Å². The molecule has 1 heterocycles. The molecule has 6 rings (SSSR count). The third kappa shape index (κ3) is 9.93. The highest BCUT2D eigenvalue weighted by Gasteiger charge is 2.42. The second kappa shape index (κ2) is 19.4. The maximum Gasteiger partial charge on any atom is 0.407 e. The molecule has 0 bridgehead atoms. The molecule has 10 nitrogen and oxygen atoms in total. The minimum atomic E-state index is -4.06. The van der Waals surface area contributed by atoms with Gasteiger partial charge in [0.1, 0.15) is 17.2 Å². The zero-order chi connectivity index (χ0) is 41.3. The van der Waals surface area contributed by atoms with E-state index in [1.54, 1.807) is 45.4 Å². The Hall–Kier alpha value is -4.71. The summed E-state index contributed by atoms with van der Waals surface area (Å²) in [6, 6.07) is 26.0. The zero-order valence-corrected chi connectivity index (χ0v) is 35.6. The van der Waals surface area contributed by atoms with Gasteiger partial charge >= 0.3 is 6.09 Å². The Morgan fingerprint density at radius 2 is 1.64 bits per heavy atom. The number of hydrogen-bond donors (Lipinski definition) is 1. The zero-order valence-electron chi connectivity index (χ0n) is 34.0. The number of methoxy groups -OCH3 is 2. The highest BCUT2D eigenvalue weighted by molar-refractivity contribution is 7.89. The van der Waals surface area contributed by atoms with Gasteiger partial charge in [-0.1, -0.05) is 61.4 Å². The lowest BCUT2D eigenvalue weighted by molar-refractivity contribution is 0.145. The van der Waals surface area contributed by atoms with Gasteiger partial charge in [0.15, 0.2) is 0 Å². The van der Waals surface area contributed by atoms with Gasteiger partial charge in [0.05, 0.1) is 44.1 Å². The molecule has 3 atom stereocenters. The number of hydrogen-bond acceptors (Lipinski definition) is 8. The van der Waals surface area contributed by atoms with Crippen molar-refractivity contribution in [3.63, 3.8) is 0 Å². The second-order valence-electron chi connectivity index (χ2n) is 15.2. The first-order chi connectivity index (χ1) is 28.0. The monoisotopic (exact) mass is 829 g/mol. The van der Waals surface area contributed by atoms with Crippen molar-refractivity contribution in [2.45, 2.75) is 81.8 Å². The molecule has 0 unspecified atom stereocenters. The number of ether oxygens (including phenoxy) is 4. The first-order valence-corrected chi connectivity index (χ1v) is 22.0. The Balaban J connectivity index is 1.39. The summed E-state index contributed by atoms with van der Waals surface area (Å²) in [7, 11) is -0.852. The maximum atomic E-state index is 14.9. The summed E-state index contributed by atoms with van der Waals surface area (Å²) in [6.07, 6.45) is 6.61. The van der Waals surface area contributed by atoms with Gasteiger partial charge in [-0.3, -0.25) is 0 Å². The molecule has 0 saturated carbocycles. The van der Waals surface area contributed by atoms with Crippen LogP contribution in [0.25, 0.3) is 0 Å². The van der Waals surface area contributed by atoms with Crippen LogP contribution in [0.1, 0.15) is 68.2 Å². The van der Waals surface area contributed by atoms with Crippen LogP contribution in [0.15, 0.2) is 102 Å². The molecule has 0 fully saturated rings. The average Bonchev–Trinajstić information content (AvgIpc) is 3.38. The summed E-state index contributed by atoms with van der Waals surface area (Å²) < 4.78 is 54.1. The second-order valence-corrected chi connectivity index (χ2v) is 17.6. The lowest BCUT2D eigenvalue weighted by Gasteiger charge is -2.41. The Kier molecular flexibility index (Phi) is 14.3. The van der Waals surface area contributed by atoms with E-state index in [4.69, 9.17) is 30.5 Å². The molecule has 4 aromatic carbocycles. The van der Waals surface area contributed by atoms with Crippen LogP contribution >= 0.6 is 11.6 Å². The Morgan fingerprint density at radius 3 is 2.24 bits per heavy atom. The van der Waals surface area contributed by atoms with Crippen molar-refractivity contribution in [3.05, 3.63) is 125 Å². The predicted molar refractivity (Wildman–Crippen MR) is 230 cm³/mol. The summed E-state index contributed by atoms with van der Waals surface area (Å²) >= 11 is 6.51. The fraction of sp³-hybridized carbons (Fsp3) is 0.413. The number of nitrogens with one attached hydrogen (secondary N) is 1. The number of aryl methyl sites for hydroxylation is 1. The highest BCUT2D eigenvalue weighted by atomic mass is 35.5. The molecule has 1 amide bonds. The first kappa shape index (κ1) is 42.9. The van der Waals surface area contributed by atoms with E-state index in [2.05, 4.69) is 35.9 Å². The molecule has 0 saturated heterocycles. The van der Waals surface area contributed by atoms with Crippen molar-refractivity contribution in [3.8, 4) is 17.2 Å². The lowest BCUT2D eigenvalue weighted by Crippen LogP contribution is -2.47. The fourth-order valence-corrected chi connectivity index (χ4v) is 10.0. The van der Waals surface area contributed by atoms with E-state index in [0.29, 0.717) is 48.4 Å². The van der Waals surface area contributed by atoms with Gasteiger partial charge in [-0.2, -0.15) is 4.31 Å². The average molecular weight is 830 g/mol. The van der Waals surface area contributed by atoms with Crippen LogP contribution < -0.4 is 24.4 Å². The molecule has 58 heavy (non-hydrogen) atoms. The Bertz CT molecular complexity index is 2080. The van der Waals surface area contributed by atoms with E-state index in [9.17, 15) is 13.2 Å². The van der Waals surface area contributed by atoms with Crippen LogP contribution in [0, 0.1) is 5.92 Å². The molecule has 310 valence electrons. The van der Waals surface area contributed by atoms with Crippen LogP contribution in [0.5, 0.6) is 17.2 Å². The van der Waals surface area contributed by atoms with Crippen molar-refractivity contribution in [1.29, 1.82) is 0 Å². The molecule has 0 radical (unpaired) electrons. The van der Waals surface area contributed by atoms with Gasteiger partial charge in [0.2, 0.25) is 10.0 Å². The molecular formula is C46H56ClN3O7S. The van der Waals surface area contributed by atoms with Gasteiger partial charge in [0.25, 0.3) is 0 Å². The van der Waals surface area contributed by atoms with E-state index in [1.165, 1.54) is 15.4 Å².